The first-order chi connectivity index (χ1) is 9.94. The van der Waals surface area contributed by atoms with Crippen LogP contribution >= 0.6 is 0 Å². The molecule has 21 heavy (non-hydrogen) atoms. The van der Waals surface area contributed by atoms with Crippen LogP contribution in [0.3, 0.4) is 0 Å². The summed E-state index contributed by atoms with van der Waals surface area (Å²) in [6.07, 6.45) is 1.48. The molecule has 1 aliphatic rings. The highest BCUT2D eigenvalue weighted by Crippen LogP contribution is 2.32. The van der Waals surface area contributed by atoms with E-state index in [1.165, 1.54) is 4.31 Å². The first-order valence-electron chi connectivity index (χ1n) is 7.16. The summed E-state index contributed by atoms with van der Waals surface area (Å²) in [6, 6.07) is 12.8. The molecule has 4 nitrogen and oxygen atoms in total. The standard InChI is InChI=1S/C16H19NO3S/c1-2-9-16(18)11-17(12-16)21(19,20)15-8-7-13-5-3-4-6-14(13)10-15/h3-8,10,18H,2,9,11-12H2,1H3. The number of benzene rings is 2. The molecule has 5 heteroatoms. The summed E-state index contributed by atoms with van der Waals surface area (Å²) in [5.74, 6) is 0. The summed E-state index contributed by atoms with van der Waals surface area (Å²) in [5.41, 5.74) is -0.849. The van der Waals surface area contributed by atoms with Crippen LogP contribution in [0.15, 0.2) is 47.4 Å². The van der Waals surface area contributed by atoms with Gasteiger partial charge in [0, 0.05) is 13.1 Å². The van der Waals surface area contributed by atoms with Crippen LogP contribution < -0.4 is 0 Å². The Hall–Kier alpha value is -1.43. The van der Waals surface area contributed by atoms with Gasteiger partial charge in [0.25, 0.3) is 0 Å². The highest BCUT2D eigenvalue weighted by molar-refractivity contribution is 7.89. The zero-order chi connectivity index (χ0) is 15.1. The summed E-state index contributed by atoms with van der Waals surface area (Å²) in [5, 5.41) is 12.1. The second kappa shape index (κ2) is 5.09. The van der Waals surface area contributed by atoms with E-state index < -0.39 is 15.6 Å². The van der Waals surface area contributed by atoms with Gasteiger partial charge < -0.3 is 5.11 Å². The van der Waals surface area contributed by atoms with E-state index in [1.807, 2.05) is 37.3 Å². The highest BCUT2D eigenvalue weighted by atomic mass is 32.2. The van der Waals surface area contributed by atoms with Gasteiger partial charge in [-0.2, -0.15) is 4.31 Å². The molecule has 112 valence electrons. The molecular formula is C16H19NO3S. The topological polar surface area (TPSA) is 57.6 Å². The Balaban J connectivity index is 1.88. The van der Waals surface area contributed by atoms with E-state index in [2.05, 4.69) is 0 Å². The Morgan fingerprint density at radius 1 is 1.14 bits per heavy atom. The van der Waals surface area contributed by atoms with Gasteiger partial charge in [0.1, 0.15) is 0 Å². The summed E-state index contributed by atoms with van der Waals surface area (Å²) < 4.78 is 26.5. The van der Waals surface area contributed by atoms with Crippen LogP contribution in [0.1, 0.15) is 19.8 Å². The summed E-state index contributed by atoms with van der Waals surface area (Å²) in [6.45, 7) is 2.37. The Kier molecular flexibility index (Phi) is 3.51. The minimum atomic E-state index is -3.51. The number of aliphatic hydroxyl groups is 1. The largest absolute Gasteiger partial charge is 0.387 e. The number of hydrogen-bond donors (Lipinski definition) is 1. The molecule has 0 atom stereocenters. The van der Waals surface area contributed by atoms with Crippen LogP contribution in [0.2, 0.25) is 0 Å². The summed E-state index contributed by atoms with van der Waals surface area (Å²) in [4.78, 5) is 0.291. The molecule has 0 aromatic heterocycles. The van der Waals surface area contributed by atoms with Crippen LogP contribution in [-0.2, 0) is 10.0 Å². The zero-order valence-corrected chi connectivity index (χ0v) is 12.8. The molecule has 0 radical (unpaired) electrons. The quantitative estimate of drug-likeness (QED) is 0.943. The van der Waals surface area contributed by atoms with Crippen molar-refractivity contribution in [2.24, 2.45) is 0 Å². The average Bonchev–Trinajstić information content (AvgIpc) is 2.44. The van der Waals surface area contributed by atoms with Gasteiger partial charge in [-0.15, -0.1) is 0 Å². The first-order valence-corrected chi connectivity index (χ1v) is 8.60. The zero-order valence-electron chi connectivity index (χ0n) is 12.0. The first kappa shape index (κ1) is 14.5. The van der Waals surface area contributed by atoms with E-state index in [4.69, 9.17) is 0 Å². The number of rotatable bonds is 4. The maximum Gasteiger partial charge on any atom is 0.243 e. The number of nitrogens with zero attached hydrogens (tertiary/aromatic N) is 1. The lowest BCUT2D eigenvalue weighted by molar-refractivity contribution is -0.0653. The van der Waals surface area contributed by atoms with E-state index in [0.717, 1.165) is 17.2 Å². The minimum Gasteiger partial charge on any atom is -0.387 e. The normalized spacial score (nSPS) is 18.6. The number of β-amino-alcohol motifs (C(OH)–C–C–N with tert-alkyl or cyclic N) is 1. The third kappa shape index (κ3) is 2.57. The second-order valence-corrected chi connectivity index (χ2v) is 7.69. The van der Waals surface area contributed by atoms with Crippen LogP contribution in [0, 0.1) is 0 Å². The molecule has 1 heterocycles. The number of hydrogen-bond acceptors (Lipinski definition) is 3. The molecule has 1 aliphatic heterocycles. The molecule has 2 aromatic carbocycles. The van der Waals surface area contributed by atoms with Crippen molar-refractivity contribution >= 4 is 20.8 Å². The van der Waals surface area contributed by atoms with E-state index in [-0.39, 0.29) is 13.1 Å². The van der Waals surface area contributed by atoms with Crippen molar-refractivity contribution in [2.75, 3.05) is 13.1 Å². The van der Waals surface area contributed by atoms with E-state index >= 15 is 0 Å². The number of sulfonamides is 1. The Labute approximate surface area is 125 Å². The lowest BCUT2D eigenvalue weighted by Gasteiger charge is -2.45. The van der Waals surface area contributed by atoms with E-state index in [1.54, 1.807) is 12.1 Å². The monoisotopic (exact) mass is 305 g/mol. The number of fused-ring (bicyclic) bond motifs is 1. The molecule has 1 saturated heterocycles. The highest BCUT2D eigenvalue weighted by Gasteiger charge is 2.46. The smallest absolute Gasteiger partial charge is 0.243 e. The average molecular weight is 305 g/mol. The molecule has 1 fully saturated rings. The van der Waals surface area contributed by atoms with Gasteiger partial charge in [-0.1, -0.05) is 43.7 Å². The predicted octanol–water partition coefficient (Wildman–Crippen LogP) is 2.38. The molecule has 2 aromatic rings. The van der Waals surface area contributed by atoms with Crippen LogP contribution in [0.4, 0.5) is 0 Å². The Bertz CT molecular complexity index is 764. The molecule has 0 amide bonds. The summed E-state index contributed by atoms with van der Waals surface area (Å²) in [7, 11) is -3.51. The Morgan fingerprint density at radius 3 is 2.48 bits per heavy atom. The second-order valence-electron chi connectivity index (χ2n) is 5.76. The molecular weight excluding hydrogens is 286 g/mol. The third-order valence-electron chi connectivity index (χ3n) is 4.02. The Morgan fingerprint density at radius 2 is 1.81 bits per heavy atom. The van der Waals surface area contributed by atoms with Crippen molar-refractivity contribution in [3.8, 4) is 0 Å². The third-order valence-corrected chi connectivity index (χ3v) is 5.80. The fraction of sp³-hybridized carbons (Fsp3) is 0.375. The van der Waals surface area contributed by atoms with Crippen LogP contribution in [0.25, 0.3) is 10.8 Å². The molecule has 0 unspecified atom stereocenters. The molecule has 0 spiro atoms. The van der Waals surface area contributed by atoms with Crippen molar-refractivity contribution in [2.45, 2.75) is 30.3 Å². The van der Waals surface area contributed by atoms with Crippen molar-refractivity contribution in [3.63, 3.8) is 0 Å². The summed E-state index contributed by atoms with van der Waals surface area (Å²) >= 11 is 0. The van der Waals surface area contributed by atoms with Gasteiger partial charge >= 0.3 is 0 Å². The molecule has 0 bridgehead atoms. The SMILES string of the molecule is CCCC1(O)CN(S(=O)(=O)c2ccc3ccccc3c2)C1. The molecule has 3 rings (SSSR count). The van der Waals surface area contributed by atoms with Crippen molar-refractivity contribution in [3.05, 3.63) is 42.5 Å². The molecule has 0 saturated carbocycles. The maximum absolute atomic E-state index is 12.6. The minimum absolute atomic E-state index is 0.190. The van der Waals surface area contributed by atoms with Crippen LogP contribution in [0.5, 0.6) is 0 Å². The van der Waals surface area contributed by atoms with Crippen molar-refractivity contribution in [1.82, 2.24) is 4.31 Å². The van der Waals surface area contributed by atoms with Gasteiger partial charge in [-0.05, 0) is 29.3 Å². The van der Waals surface area contributed by atoms with Crippen molar-refractivity contribution < 1.29 is 13.5 Å². The van der Waals surface area contributed by atoms with Gasteiger partial charge in [-0.25, -0.2) is 8.42 Å². The van der Waals surface area contributed by atoms with Gasteiger partial charge in [-0.3, -0.25) is 0 Å². The van der Waals surface area contributed by atoms with Gasteiger partial charge in [0.05, 0.1) is 10.5 Å². The van der Waals surface area contributed by atoms with E-state index in [9.17, 15) is 13.5 Å². The van der Waals surface area contributed by atoms with Crippen LogP contribution in [-0.4, -0.2) is 36.5 Å². The fourth-order valence-electron chi connectivity index (χ4n) is 2.88. The van der Waals surface area contributed by atoms with Gasteiger partial charge in [0.15, 0.2) is 0 Å². The molecule has 0 aliphatic carbocycles. The fourth-order valence-corrected chi connectivity index (χ4v) is 4.52. The lowest BCUT2D eigenvalue weighted by atomic mass is 9.92. The lowest BCUT2D eigenvalue weighted by Crippen LogP contribution is -2.63. The predicted molar refractivity (Wildman–Crippen MR) is 82.6 cm³/mol. The van der Waals surface area contributed by atoms with Crippen molar-refractivity contribution in [1.29, 1.82) is 0 Å². The van der Waals surface area contributed by atoms with Gasteiger partial charge in [0.2, 0.25) is 10.0 Å². The van der Waals surface area contributed by atoms with E-state index in [0.29, 0.717) is 11.3 Å². The maximum atomic E-state index is 12.6. The molecule has 1 N–H and O–H groups in total.